The molecule has 4 aromatic rings. The molecule has 2 aromatic carbocycles. The number of thioether (sulfide) groups is 1. The molecule has 0 aliphatic rings. The summed E-state index contributed by atoms with van der Waals surface area (Å²) in [4.78, 5) is 12.2. The molecule has 0 saturated heterocycles. The Labute approximate surface area is 165 Å². The molecule has 0 amide bonds. The van der Waals surface area contributed by atoms with E-state index in [0.29, 0.717) is 21.4 Å². The Balaban J connectivity index is 1.68. The molecule has 0 unspecified atom stereocenters. The van der Waals surface area contributed by atoms with Gasteiger partial charge in [0.2, 0.25) is 5.16 Å². The number of nitrogens with one attached hydrogen (secondary N) is 1. The highest BCUT2D eigenvalue weighted by atomic mass is 35.5. The van der Waals surface area contributed by atoms with E-state index in [9.17, 15) is 4.79 Å². The number of aromatic nitrogens is 4. The third-order valence-electron chi connectivity index (χ3n) is 4.29. The zero-order chi connectivity index (χ0) is 18.8. The van der Waals surface area contributed by atoms with Crippen molar-refractivity contribution in [1.29, 1.82) is 0 Å². The van der Waals surface area contributed by atoms with Gasteiger partial charge in [0, 0.05) is 16.3 Å². The standard InChI is InChI=1S/C20H17ClN4OS/c1-2-13-6-8-15(9-7-13)17-11-18-19(26)22-23-20(25(18)24-17)27-12-14-4-3-5-16(21)10-14/h3-11H,2,12H2,1H3,(H,22,26). The predicted octanol–water partition coefficient (Wildman–Crippen LogP) is 4.59. The molecule has 0 saturated carbocycles. The first-order chi connectivity index (χ1) is 13.1. The van der Waals surface area contributed by atoms with Gasteiger partial charge in [0.1, 0.15) is 5.52 Å². The number of fused-ring (bicyclic) bond motifs is 1. The number of hydrogen-bond donors (Lipinski definition) is 1. The van der Waals surface area contributed by atoms with E-state index in [1.807, 2.05) is 36.4 Å². The van der Waals surface area contributed by atoms with Crippen molar-refractivity contribution in [2.75, 3.05) is 0 Å². The van der Waals surface area contributed by atoms with Crippen molar-refractivity contribution in [2.24, 2.45) is 0 Å². The Bertz CT molecular complexity index is 1150. The van der Waals surface area contributed by atoms with Crippen LogP contribution in [0.1, 0.15) is 18.1 Å². The third-order valence-corrected chi connectivity index (χ3v) is 5.53. The fraction of sp³-hybridized carbons (Fsp3) is 0.150. The molecule has 136 valence electrons. The number of aryl methyl sites for hydroxylation is 1. The molecule has 0 radical (unpaired) electrons. The summed E-state index contributed by atoms with van der Waals surface area (Å²) in [7, 11) is 0. The summed E-state index contributed by atoms with van der Waals surface area (Å²) in [5, 5.41) is 12.7. The quantitative estimate of drug-likeness (QED) is 0.501. The first-order valence-electron chi connectivity index (χ1n) is 8.59. The molecule has 0 aliphatic carbocycles. The van der Waals surface area contributed by atoms with Gasteiger partial charge < -0.3 is 0 Å². The lowest BCUT2D eigenvalue weighted by Gasteiger charge is -2.03. The minimum Gasteiger partial charge on any atom is -0.266 e. The van der Waals surface area contributed by atoms with Gasteiger partial charge in [-0.1, -0.05) is 66.7 Å². The molecular formula is C20H17ClN4OS. The van der Waals surface area contributed by atoms with E-state index in [2.05, 4.69) is 34.4 Å². The fourth-order valence-electron chi connectivity index (χ4n) is 2.81. The van der Waals surface area contributed by atoms with Gasteiger partial charge in [-0.2, -0.15) is 5.10 Å². The molecule has 5 nitrogen and oxygen atoms in total. The van der Waals surface area contributed by atoms with Gasteiger partial charge in [0.25, 0.3) is 5.56 Å². The molecule has 0 fully saturated rings. The normalized spacial score (nSPS) is 11.2. The highest BCUT2D eigenvalue weighted by molar-refractivity contribution is 7.98. The Morgan fingerprint density at radius 2 is 1.93 bits per heavy atom. The molecule has 0 atom stereocenters. The van der Waals surface area contributed by atoms with E-state index in [4.69, 9.17) is 11.6 Å². The lowest BCUT2D eigenvalue weighted by Crippen LogP contribution is -2.13. The SMILES string of the molecule is CCc1ccc(-c2cc3c(=O)[nH]nc(SCc4cccc(Cl)c4)n3n2)cc1. The number of nitrogens with zero attached hydrogens (tertiary/aromatic N) is 3. The molecule has 27 heavy (non-hydrogen) atoms. The second kappa shape index (κ2) is 7.58. The van der Waals surface area contributed by atoms with Crippen molar-refractivity contribution in [2.45, 2.75) is 24.3 Å². The molecule has 1 N–H and O–H groups in total. The van der Waals surface area contributed by atoms with Crippen LogP contribution in [0.4, 0.5) is 0 Å². The van der Waals surface area contributed by atoms with Crippen LogP contribution >= 0.6 is 23.4 Å². The lowest BCUT2D eigenvalue weighted by molar-refractivity contribution is 0.728. The summed E-state index contributed by atoms with van der Waals surface area (Å²) in [6.45, 7) is 2.12. The molecule has 7 heteroatoms. The van der Waals surface area contributed by atoms with Crippen molar-refractivity contribution in [3.63, 3.8) is 0 Å². The van der Waals surface area contributed by atoms with E-state index in [0.717, 1.165) is 23.2 Å². The number of H-pyrrole nitrogens is 1. The Kier molecular flexibility index (Phi) is 5.01. The van der Waals surface area contributed by atoms with Crippen LogP contribution in [0.2, 0.25) is 5.02 Å². The van der Waals surface area contributed by atoms with Crippen LogP contribution in [0, 0.1) is 0 Å². The van der Waals surface area contributed by atoms with Crippen molar-refractivity contribution < 1.29 is 0 Å². The van der Waals surface area contributed by atoms with Crippen molar-refractivity contribution in [1.82, 2.24) is 19.8 Å². The average molecular weight is 397 g/mol. The van der Waals surface area contributed by atoms with Crippen molar-refractivity contribution in [3.05, 3.63) is 81.1 Å². The van der Waals surface area contributed by atoms with Crippen LogP contribution in [0.3, 0.4) is 0 Å². The van der Waals surface area contributed by atoms with Gasteiger partial charge in [0.15, 0.2) is 0 Å². The van der Waals surface area contributed by atoms with Crippen molar-refractivity contribution >= 4 is 28.9 Å². The van der Waals surface area contributed by atoms with Gasteiger partial charge in [-0.15, -0.1) is 5.10 Å². The summed E-state index contributed by atoms with van der Waals surface area (Å²) in [5.41, 5.74) is 4.29. The van der Waals surface area contributed by atoms with Gasteiger partial charge in [0.05, 0.1) is 5.69 Å². The zero-order valence-electron chi connectivity index (χ0n) is 14.6. The van der Waals surface area contributed by atoms with Gasteiger partial charge >= 0.3 is 0 Å². The topological polar surface area (TPSA) is 63.0 Å². The largest absolute Gasteiger partial charge is 0.290 e. The van der Waals surface area contributed by atoms with Crippen LogP contribution < -0.4 is 5.56 Å². The smallest absolute Gasteiger partial charge is 0.266 e. The van der Waals surface area contributed by atoms with Crippen LogP contribution in [0.15, 0.2) is 64.5 Å². The highest BCUT2D eigenvalue weighted by Gasteiger charge is 2.12. The summed E-state index contributed by atoms with van der Waals surface area (Å²) in [6.07, 6.45) is 0.985. The molecular weight excluding hydrogens is 380 g/mol. The third kappa shape index (κ3) is 3.77. The number of benzene rings is 2. The number of rotatable bonds is 5. The second-order valence-electron chi connectivity index (χ2n) is 6.13. The molecule has 4 rings (SSSR count). The Morgan fingerprint density at radius 3 is 2.67 bits per heavy atom. The Morgan fingerprint density at radius 1 is 1.11 bits per heavy atom. The molecule has 0 bridgehead atoms. The zero-order valence-corrected chi connectivity index (χ0v) is 16.2. The lowest BCUT2D eigenvalue weighted by atomic mass is 10.1. The van der Waals surface area contributed by atoms with E-state index in [1.165, 1.54) is 17.3 Å². The monoisotopic (exact) mass is 396 g/mol. The average Bonchev–Trinajstić information content (AvgIpc) is 3.14. The molecule has 0 aliphatic heterocycles. The van der Waals surface area contributed by atoms with E-state index < -0.39 is 0 Å². The maximum atomic E-state index is 12.2. The fourth-order valence-corrected chi connectivity index (χ4v) is 3.87. The molecule has 2 heterocycles. The first-order valence-corrected chi connectivity index (χ1v) is 9.95. The summed E-state index contributed by atoms with van der Waals surface area (Å²) >= 11 is 7.54. The number of halogens is 1. The minimum atomic E-state index is -0.258. The van der Waals surface area contributed by atoms with Crippen LogP contribution in [0.5, 0.6) is 0 Å². The minimum absolute atomic E-state index is 0.258. The summed E-state index contributed by atoms with van der Waals surface area (Å²) in [5.74, 6) is 0.676. The number of aromatic amines is 1. The summed E-state index contributed by atoms with van der Waals surface area (Å²) in [6, 6.07) is 17.7. The van der Waals surface area contributed by atoms with Crippen LogP contribution in [0.25, 0.3) is 16.8 Å². The highest BCUT2D eigenvalue weighted by Crippen LogP contribution is 2.25. The predicted molar refractivity (Wildman–Crippen MR) is 109 cm³/mol. The van der Waals surface area contributed by atoms with Crippen molar-refractivity contribution in [3.8, 4) is 11.3 Å². The van der Waals surface area contributed by atoms with Gasteiger partial charge in [-0.3, -0.25) is 4.79 Å². The maximum Gasteiger partial charge on any atom is 0.290 e. The van der Waals surface area contributed by atoms with E-state index >= 15 is 0 Å². The first kappa shape index (κ1) is 17.8. The van der Waals surface area contributed by atoms with Gasteiger partial charge in [-0.25, -0.2) is 9.61 Å². The van der Waals surface area contributed by atoms with E-state index in [1.54, 1.807) is 10.6 Å². The van der Waals surface area contributed by atoms with Crippen LogP contribution in [-0.4, -0.2) is 19.8 Å². The molecule has 2 aromatic heterocycles. The van der Waals surface area contributed by atoms with E-state index in [-0.39, 0.29) is 5.56 Å². The van der Waals surface area contributed by atoms with Crippen LogP contribution in [-0.2, 0) is 12.2 Å². The number of hydrogen-bond acceptors (Lipinski definition) is 4. The Hall–Kier alpha value is -2.57. The summed E-state index contributed by atoms with van der Waals surface area (Å²) < 4.78 is 1.61. The second-order valence-corrected chi connectivity index (χ2v) is 7.51. The maximum absolute atomic E-state index is 12.2. The van der Waals surface area contributed by atoms with Gasteiger partial charge in [-0.05, 0) is 35.7 Å². The molecule has 0 spiro atoms.